The van der Waals surface area contributed by atoms with Gasteiger partial charge in [-0.05, 0) is 36.8 Å². The molecule has 0 spiro atoms. The highest BCUT2D eigenvalue weighted by Gasteiger charge is 2.40. The highest BCUT2D eigenvalue weighted by Crippen LogP contribution is 2.35. The molecule has 1 N–H and O–H groups in total. The Morgan fingerprint density at radius 1 is 1.20 bits per heavy atom. The van der Waals surface area contributed by atoms with Crippen LogP contribution in [0.3, 0.4) is 0 Å². The van der Waals surface area contributed by atoms with Crippen molar-refractivity contribution in [2.45, 2.75) is 30.0 Å². The van der Waals surface area contributed by atoms with Gasteiger partial charge in [0.25, 0.3) is 10.0 Å². The third-order valence-electron chi connectivity index (χ3n) is 4.71. The Hall–Kier alpha value is -2.28. The van der Waals surface area contributed by atoms with Gasteiger partial charge in [-0.15, -0.1) is 22.7 Å². The van der Waals surface area contributed by atoms with Crippen molar-refractivity contribution in [1.29, 1.82) is 0 Å². The van der Waals surface area contributed by atoms with Crippen LogP contribution in [0.1, 0.15) is 38.4 Å². The Balaban J connectivity index is 1.92. The fourth-order valence-corrected chi connectivity index (χ4v) is 7.14. The van der Waals surface area contributed by atoms with E-state index in [1.165, 1.54) is 24.6 Å². The van der Waals surface area contributed by atoms with E-state index in [2.05, 4.69) is 5.32 Å². The molecule has 0 bridgehead atoms. The van der Waals surface area contributed by atoms with Crippen molar-refractivity contribution >= 4 is 55.5 Å². The molecule has 0 radical (unpaired) electrons. The Kier molecular flexibility index (Phi) is 6.60. The summed E-state index contributed by atoms with van der Waals surface area (Å²) in [6, 6.07) is 2.20. The number of carbonyl (C=O) groups excluding carboxylic acids is 3. The summed E-state index contributed by atoms with van der Waals surface area (Å²) in [6.45, 7) is 1.77. The molecule has 0 aromatic carbocycles. The molecular formula is C18H20N2O7S3. The van der Waals surface area contributed by atoms with Crippen molar-refractivity contribution < 1.29 is 32.3 Å². The van der Waals surface area contributed by atoms with E-state index >= 15 is 0 Å². The maximum Gasteiger partial charge on any atom is 0.348 e. The average Bonchev–Trinajstić information content (AvgIpc) is 3.47. The smallest absolute Gasteiger partial charge is 0.348 e. The van der Waals surface area contributed by atoms with Gasteiger partial charge in [-0.1, -0.05) is 6.07 Å². The average molecular weight is 473 g/mol. The number of carbonyl (C=O) groups is 3. The van der Waals surface area contributed by atoms with E-state index in [-0.39, 0.29) is 26.2 Å². The molecule has 1 fully saturated rings. The number of methoxy groups -OCH3 is 2. The minimum atomic E-state index is -3.80. The molecule has 1 amide bonds. The molecule has 12 heteroatoms. The molecule has 1 aliphatic rings. The first-order chi connectivity index (χ1) is 14.2. The largest absolute Gasteiger partial charge is 0.465 e. The molecule has 30 heavy (non-hydrogen) atoms. The molecule has 1 saturated heterocycles. The number of amides is 1. The van der Waals surface area contributed by atoms with Gasteiger partial charge in [0.2, 0.25) is 5.91 Å². The maximum absolute atomic E-state index is 13.0. The third kappa shape index (κ3) is 4.00. The van der Waals surface area contributed by atoms with Crippen LogP contribution < -0.4 is 5.32 Å². The number of nitrogens with zero attached hydrogens (tertiary/aromatic N) is 1. The lowest BCUT2D eigenvalue weighted by Crippen LogP contribution is -2.42. The summed E-state index contributed by atoms with van der Waals surface area (Å²) in [4.78, 5) is 37.4. The van der Waals surface area contributed by atoms with Gasteiger partial charge in [0, 0.05) is 6.54 Å². The summed E-state index contributed by atoms with van der Waals surface area (Å²) in [6.07, 6.45) is 0.877. The Morgan fingerprint density at radius 3 is 2.50 bits per heavy atom. The summed E-state index contributed by atoms with van der Waals surface area (Å²) < 4.78 is 36.6. The highest BCUT2D eigenvalue weighted by atomic mass is 32.2. The predicted molar refractivity (Wildman–Crippen MR) is 112 cm³/mol. The molecule has 9 nitrogen and oxygen atoms in total. The van der Waals surface area contributed by atoms with Gasteiger partial charge in [0.15, 0.2) is 0 Å². The van der Waals surface area contributed by atoms with Crippen LogP contribution in [0.4, 0.5) is 5.00 Å². The predicted octanol–water partition coefficient (Wildman–Crippen LogP) is 2.48. The standard InChI is InChI=1S/C18H20N2O7S3/c1-10-13(17(22)26-2)16(29-14(10)18(23)27-3)19-15(21)11-6-4-8-20(11)30(24,25)12-7-5-9-28-12/h5,7,9,11H,4,6,8H2,1-3H3,(H,19,21). The summed E-state index contributed by atoms with van der Waals surface area (Å²) >= 11 is 1.97. The van der Waals surface area contributed by atoms with Crippen molar-refractivity contribution in [2.24, 2.45) is 0 Å². The van der Waals surface area contributed by atoms with E-state index in [4.69, 9.17) is 9.47 Å². The normalized spacial score (nSPS) is 17.0. The van der Waals surface area contributed by atoms with Gasteiger partial charge in [0.05, 0.1) is 19.8 Å². The van der Waals surface area contributed by atoms with Crippen LogP contribution in [0.15, 0.2) is 21.7 Å². The van der Waals surface area contributed by atoms with E-state index < -0.39 is 33.9 Å². The molecule has 1 atom stereocenters. The second kappa shape index (κ2) is 8.84. The van der Waals surface area contributed by atoms with Gasteiger partial charge in [-0.25, -0.2) is 18.0 Å². The molecule has 2 aromatic heterocycles. The Morgan fingerprint density at radius 2 is 1.90 bits per heavy atom. The number of sulfonamides is 1. The summed E-state index contributed by atoms with van der Waals surface area (Å²) in [5, 5.41) is 4.40. The molecular weight excluding hydrogens is 452 g/mol. The van der Waals surface area contributed by atoms with Crippen LogP contribution in [0.2, 0.25) is 0 Å². The number of rotatable bonds is 6. The minimum Gasteiger partial charge on any atom is -0.465 e. The highest BCUT2D eigenvalue weighted by molar-refractivity contribution is 7.91. The van der Waals surface area contributed by atoms with Crippen LogP contribution >= 0.6 is 22.7 Å². The zero-order chi connectivity index (χ0) is 22.1. The zero-order valence-corrected chi connectivity index (χ0v) is 18.9. The molecule has 0 aliphatic carbocycles. The number of thiophene rings is 2. The quantitative estimate of drug-likeness (QED) is 0.642. The van der Waals surface area contributed by atoms with Crippen molar-refractivity contribution in [3.8, 4) is 0 Å². The van der Waals surface area contributed by atoms with Crippen molar-refractivity contribution in [3.63, 3.8) is 0 Å². The molecule has 3 rings (SSSR count). The lowest BCUT2D eigenvalue weighted by atomic mass is 10.1. The van der Waals surface area contributed by atoms with Crippen molar-refractivity contribution in [2.75, 3.05) is 26.1 Å². The summed E-state index contributed by atoms with van der Waals surface area (Å²) in [7, 11) is -1.40. The molecule has 0 saturated carbocycles. The number of hydrogen-bond donors (Lipinski definition) is 1. The van der Waals surface area contributed by atoms with Crippen LogP contribution in [0, 0.1) is 6.92 Å². The van der Waals surface area contributed by atoms with Gasteiger partial charge < -0.3 is 14.8 Å². The van der Waals surface area contributed by atoms with Crippen LogP contribution in [-0.4, -0.2) is 57.4 Å². The fourth-order valence-electron chi connectivity index (χ4n) is 3.25. The van der Waals surface area contributed by atoms with Crippen LogP contribution in [0.25, 0.3) is 0 Å². The van der Waals surface area contributed by atoms with E-state index in [0.29, 0.717) is 18.4 Å². The fraction of sp³-hybridized carbons (Fsp3) is 0.389. The number of ether oxygens (including phenoxy) is 2. The molecule has 162 valence electrons. The molecule has 2 aromatic rings. The van der Waals surface area contributed by atoms with Gasteiger partial charge in [-0.2, -0.15) is 4.31 Å². The third-order valence-corrected chi connectivity index (χ3v) is 9.18. The molecule has 1 aliphatic heterocycles. The first-order valence-electron chi connectivity index (χ1n) is 8.88. The first-order valence-corrected chi connectivity index (χ1v) is 12.0. The van der Waals surface area contributed by atoms with Crippen LogP contribution in [-0.2, 0) is 24.3 Å². The van der Waals surface area contributed by atoms with Gasteiger partial charge in [-0.3, -0.25) is 4.79 Å². The van der Waals surface area contributed by atoms with Crippen molar-refractivity contribution in [1.82, 2.24) is 4.31 Å². The van der Waals surface area contributed by atoms with E-state index in [1.807, 2.05) is 0 Å². The number of hydrogen-bond acceptors (Lipinski definition) is 9. The van der Waals surface area contributed by atoms with E-state index in [1.54, 1.807) is 18.4 Å². The van der Waals surface area contributed by atoms with E-state index in [0.717, 1.165) is 22.7 Å². The Labute approximate surface area is 181 Å². The number of anilines is 1. The molecule has 3 heterocycles. The monoisotopic (exact) mass is 472 g/mol. The summed E-state index contributed by atoms with van der Waals surface area (Å²) in [5.41, 5.74) is 0.366. The van der Waals surface area contributed by atoms with Gasteiger partial charge >= 0.3 is 11.9 Å². The summed E-state index contributed by atoms with van der Waals surface area (Å²) in [5.74, 6) is -1.94. The number of nitrogens with one attached hydrogen (secondary N) is 1. The second-order valence-electron chi connectivity index (χ2n) is 6.44. The minimum absolute atomic E-state index is 0.0434. The zero-order valence-electron chi connectivity index (χ0n) is 16.5. The lowest BCUT2D eigenvalue weighted by molar-refractivity contribution is -0.119. The van der Waals surface area contributed by atoms with Crippen molar-refractivity contribution in [3.05, 3.63) is 33.5 Å². The van der Waals surface area contributed by atoms with E-state index in [9.17, 15) is 22.8 Å². The maximum atomic E-state index is 13.0. The number of esters is 2. The molecule has 1 unspecified atom stereocenters. The Bertz CT molecular complexity index is 1070. The van der Waals surface area contributed by atoms with Gasteiger partial charge in [0.1, 0.15) is 20.1 Å². The SMILES string of the molecule is COC(=O)c1sc(NC(=O)C2CCCN2S(=O)(=O)c2cccs2)c(C(=O)OC)c1C. The first kappa shape index (κ1) is 22.4. The second-order valence-corrected chi connectivity index (χ2v) is 10.5. The van der Waals surface area contributed by atoms with Crippen LogP contribution in [0.5, 0.6) is 0 Å². The topological polar surface area (TPSA) is 119 Å². The lowest BCUT2D eigenvalue weighted by Gasteiger charge is -2.22.